The van der Waals surface area contributed by atoms with Gasteiger partial charge >= 0.3 is 23.3 Å². The van der Waals surface area contributed by atoms with Crippen LogP contribution in [0.4, 0.5) is 0 Å². The highest BCUT2D eigenvalue weighted by atomic mass is 35.5. The fourth-order valence-electron chi connectivity index (χ4n) is 10.1. The van der Waals surface area contributed by atoms with Gasteiger partial charge in [-0.2, -0.15) is 0 Å². The van der Waals surface area contributed by atoms with Crippen LogP contribution in [0.15, 0.2) is 94.5 Å². The van der Waals surface area contributed by atoms with Gasteiger partial charge in [0.2, 0.25) is 0 Å². The number of benzene rings is 4. The number of rotatable bonds is 13. The number of esters is 2. The van der Waals surface area contributed by atoms with Gasteiger partial charge in [-0.05, 0) is 88.1 Å². The Kier molecular flexibility index (Phi) is 13.1. The molecule has 4 aliphatic rings. The maximum Gasteiger partial charge on any atom is 0.338 e. The number of nitrogens with zero attached hydrogens (tertiary/aromatic N) is 4. The van der Waals surface area contributed by atoms with Crippen LogP contribution < -0.4 is 30.3 Å². The van der Waals surface area contributed by atoms with Gasteiger partial charge in [-0.3, -0.25) is 18.9 Å². The van der Waals surface area contributed by atoms with E-state index in [1.54, 1.807) is 59.4 Å². The lowest BCUT2D eigenvalue weighted by Crippen LogP contribution is -2.60. The number of aliphatic hydroxyl groups is 2. The SMILES string of the molecule is CC1(C(CN2CCC(n3c(=O)[nH]c4ccccc43)CC2)OC(=O)C(O)C(O)C(=O)OC(CN2CCC(n3c(=O)[nH]c4ccccc43)CC2)C2(C)COc3cc(Cl)ccc3O2)COc2cc(Cl)ccc2O1. The third-order valence-corrected chi connectivity index (χ3v) is 14.6. The number of halogens is 2. The monoisotopic (exact) mass is 1000 g/mol. The van der Waals surface area contributed by atoms with E-state index in [-0.39, 0.29) is 49.8 Å². The lowest BCUT2D eigenvalue weighted by atomic mass is 9.95. The summed E-state index contributed by atoms with van der Waals surface area (Å²) in [5.41, 5.74) is 0.137. The quantitative estimate of drug-likeness (QED) is 0.109. The molecular formula is C50H54Cl2N6O12. The molecule has 0 amide bonds. The molecular weight excluding hydrogens is 947 g/mol. The summed E-state index contributed by atoms with van der Waals surface area (Å²) in [6, 6.07) is 24.7. The van der Waals surface area contributed by atoms with Crippen LogP contribution in [0.25, 0.3) is 22.1 Å². The van der Waals surface area contributed by atoms with Crippen LogP contribution in [0.2, 0.25) is 10.0 Å². The van der Waals surface area contributed by atoms with E-state index < -0.39 is 47.6 Å². The summed E-state index contributed by atoms with van der Waals surface area (Å²) in [5, 5.41) is 23.8. The first-order chi connectivity index (χ1) is 33.6. The Bertz CT molecular complexity index is 2830. The van der Waals surface area contributed by atoms with Crippen molar-refractivity contribution in [2.75, 3.05) is 52.5 Å². The molecule has 0 spiro atoms. The first kappa shape index (κ1) is 47.6. The Morgan fingerprint density at radius 3 is 1.41 bits per heavy atom. The number of likely N-dealkylation sites (tertiary alicyclic amines) is 2. The molecule has 6 aromatic rings. The van der Waals surface area contributed by atoms with E-state index in [0.29, 0.717) is 84.9 Å². The lowest BCUT2D eigenvalue weighted by Gasteiger charge is -2.43. The van der Waals surface area contributed by atoms with Gasteiger partial charge in [0.05, 0.1) is 22.1 Å². The van der Waals surface area contributed by atoms with Gasteiger partial charge in [0.1, 0.15) is 13.2 Å². The van der Waals surface area contributed by atoms with Crippen LogP contribution in [-0.2, 0) is 19.1 Å². The van der Waals surface area contributed by atoms with Crippen molar-refractivity contribution < 1.29 is 48.2 Å². The second kappa shape index (κ2) is 19.3. The van der Waals surface area contributed by atoms with E-state index >= 15 is 0 Å². The molecule has 4 aliphatic heterocycles. The topological polar surface area (TPSA) is 212 Å². The third kappa shape index (κ3) is 9.47. The van der Waals surface area contributed by atoms with E-state index in [9.17, 15) is 29.4 Å². The molecule has 6 atom stereocenters. The molecule has 2 saturated heterocycles. The number of fused-ring (bicyclic) bond motifs is 4. The number of imidazole rings is 2. The van der Waals surface area contributed by atoms with Crippen molar-refractivity contribution in [1.82, 2.24) is 28.9 Å². The number of nitrogens with one attached hydrogen (secondary N) is 2. The number of hydrogen-bond donors (Lipinski definition) is 4. The van der Waals surface area contributed by atoms with Gasteiger partial charge in [0.15, 0.2) is 58.6 Å². The Balaban J connectivity index is 0.843. The molecule has 370 valence electrons. The van der Waals surface area contributed by atoms with Crippen LogP contribution in [0.3, 0.4) is 0 Å². The number of ether oxygens (including phenoxy) is 6. The van der Waals surface area contributed by atoms with Crippen molar-refractivity contribution >= 4 is 57.2 Å². The van der Waals surface area contributed by atoms with Crippen molar-refractivity contribution in [3.8, 4) is 23.0 Å². The second-order valence-corrected chi connectivity index (χ2v) is 19.9. The standard InChI is InChI=1S/C50H54Cl2N6O12/c1-49(27-65-39-23-29(51)11-13-37(39)69-49)41(25-55-19-15-31(16-20-55)57-35-9-5-3-7-33(35)53-47(57)63)67-45(61)43(59)44(60)46(62)68-42(50(2)28-66-40-24-30(52)12-14-38(40)70-50)26-56-21-17-32(18-22-56)58-36-10-6-4-8-34(36)54-48(58)64/h3-14,23-24,31-32,41-44,59-60H,15-22,25-28H2,1-2H3,(H,53,63)(H,54,64). The van der Waals surface area contributed by atoms with E-state index in [2.05, 4.69) is 19.8 Å². The van der Waals surface area contributed by atoms with Crippen molar-refractivity contribution in [2.24, 2.45) is 0 Å². The van der Waals surface area contributed by atoms with Crippen LogP contribution in [-0.4, -0.2) is 139 Å². The molecule has 4 N–H and O–H groups in total. The molecule has 2 fully saturated rings. The fourth-order valence-corrected chi connectivity index (χ4v) is 10.5. The Morgan fingerprint density at radius 2 is 1.01 bits per heavy atom. The molecule has 70 heavy (non-hydrogen) atoms. The zero-order chi connectivity index (χ0) is 48.9. The number of aliphatic hydroxyl groups excluding tert-OH is 2. The van der Waals surface area contributed by atoms with Crippen LogP contribution in [0.1, 0.15) is 51.6 Å². The molecule has 0 bridgehead atoms. The van der Waals surface area contributed by atoms with Crippen LogP contribution in [0, 0.1) is 0 Å². The molecule has 10 rings (SSSR count). The molecule has 0 saturated carbocycles. The van der Waals surface area contributed by atoms with Crippen LogP contribution >= 0.6 is 23.2 Å². The van der Waals surface area contributed by atoms with Crippen molar-refractivity contribution in [3.63, 3.8) is 0 Å². The molecule has 4 aromatic carbocycles. The molecule has 6 unspecified atom stereocenters. The van der Waals surface area contributed by atoms with E-state index in [0.717, 1.165) is 22.1 Å². The highest BCUT2D eigenvalue weighted by Crippen LogP contribution is 2.41. The number of carbonyl (C=O) groups is 2. The number of carbonyl (C=O) groups excluding carboxylic acids is 2. The van der Waals surface area contributed by atoms with Crippen molar-refractivity contribution in [3.05, 3.63) is 116 Å². The van der Waals surface area contributed by atoms with Gasteiger partial charge in [-0.25, -0.2) is 19.2 Å². The van der Waals surface area contributed by atoms with Crippen LogP contribution in [0.5, 0.6) is 23.0 Å². The summed E-state index contributed by atoms with van der Waals surface area (Å²) in [5.74, 6) is -1.07. The molecule has 0 aliphatic carbocycles. The van der Waals surface area contributed by atoms with E-state index in [1.807, 2.05) is 48.5 Å². The summed E-state index contributed by atoms with van der Waals surface area (Å²) in [7, 11) is 0. The van der Waals surface area contributed by atoms with E-state index in [1.165, 1.54) is 0 Å². The average Bonchev–Trinajstić information content (AvgIpc) is 3.88. The number of hydrogen-bond acceptors (Lipinski definition) is 14. The van der Waals surface area contributed by atoms with Gasteiger partial charge in [-0.1, -0.05) is 47.5 Å². The number of para-hydroxylation sites is 4. The smallest absolute Gasteiger partial charge is 0.338 e. The highest BCUT2D eigenvalue weighted by molar-refractivity contribution is 6.31. The molecule has 2 aromatic heterocycles. The van der Waals surface area contributed by atoms with Gasteiger partial charge in [-0.15, -0.1) is 0 Å². The maximum atomic E-state index is 14.0. The minimum atomic E-state index is -2.38. The van der Waals surface area contributed by atoms with E-state index in [4.69, 9.17) is 51.6 Å². The summed E-state index contributed by atoms with van der Waals surface area (Å²) < 4.78 is 40.8. The predicted molar refractivity (Wildman–Crippen MR) is 258 cm³/mol. The summed E-state index contributed by atoms with van der Waals surface area (Å²) in [4.78, 5) is 64.2. The molecule has 6 heterocycles. The predicted octanol–water partition coefficient (Wildman–Crippen LogP) is 5.26. The molecule has 20 heteroatoms. The first-order valence-electron chi connectivity index (χ1n) is 23.5. The number of piperidine rings is 2. The zero-order valence-electron chi connectivity index (χ0n) is 38.6. The second-order valence-electron chi connectivity index (χ2n) is 19.0. The van der Waals surface area contributed by atoms with Gasteiger partial charge in [0, 0.05) is 73.5 Å². The fraction of sp³-hybridized carbons (Fsp3) is 0.440. The normalized spacial score (nSPS) is 22.9. The van der Waals surface area contributed by atoms with Crippen molar-refractivity contribution in [2.45, 2.75) is 87.2 Å². The summed E-state index contributed by atoms with van der Waals surface area (Å²) in [6.45, 7) is 5.60. The minimum absolute atomic E-state index is 0.0758. The maximum absolute atomic E-state index is 14.0. The highest BCUT2D eigenvalue weighted by Gasteiger charge is 2.49. The lowest BCUT2D eigenvalue weighted by molar-refractivity contribution is -0.195. The summed E-state index contributed by atoms with van der Waals surface area (Å²) >= 11 is 12.5. The van der Waals surface area contributed by atoms with Crippen molar-refractivity contribution in [1.29, 1.82) is 0 Å². The van der Waals surface area contributed by atoms with Gasteiger partial charge in [0.25, 0.3) is 0 Å². The Hall–Kier alpha value is -6.02. The number of aromatic nitrogens is 4. The first-order valence-corrected chi connectivity index (χ1v) is 24.2. The minimum Gasteiger partial charge on any atom is -0.485 e. The third-order valence-electron chi connectivity index (χ3n) is 14.1. The van der Waals surface area contributed by atoms with Gasteiger partial charge < -0.3 is 48.6 Å². The zero-order valence-corrected chi connectivity index (χ0v) is 40.1. The number of aromatic amines is 2. The number of H-pyrrole nitrogens is 2. The largest absolute Gasteiger partial charge is 0.485 e. The summed E-state index contributed by atoms with van der Waals surface area (Å²) in [6.07, 6.45) is -4.52. The average molecular weight is 1000 g/mol. The Labute approximate surface area is 411 Å². The Morgan fingerprint density at radius 1 is 0.629 bits per heavy atom. The molecule has 18 nitrogen and oxygen atoms in total. The molecule has 0 radical (unpaired) electrons.